The molecule has 5 rings (SSSR count). The van der Waals surface area contributed by atoms with Crippen LogP contribution in [-0.2, 0) is 19.4 Å². The maximum atomic E-state index is 12.5. The van der Waals surface area contributed by atoms with Gasteiger partial charge in [-0.15, -0.1) is 0 Å². The van der Waals surface area contributed by atoms with Crippen LogP contribution >= 0.6 is 0 Å². The average molecular weight is 317 g/mol. The molecule has 120 valence electrons. The lowest BCUT2D eigenvalue weighted by molar-refractivity contribution is 0.159. The van der Waals surface area contributed by atoms with Gasteiger partial charge in [-0.25, -0.2) is 4.79 Å². The van der Waals surface area contributed by atoms with Gasteiger partial charge in [-0.1, -0.05) is 36.4 Å². The molecular weight excluding hydrogens is 298 g/mol. The molecule has 2 aliphatic heterocycles. The molecule has 1 atom stereocenters. The Bertz CT molecular complexity index is 1020. The molecule has 2 aromatic carbocycles. The van der Waals surface area contributed by atoms with Crippen LogP contribution in [0.15, 0.2) is 51.7 Å². The van der Waals surface area contributed by atoms with Gasteiger partial charge in [0.25, 0.3) is 0 Å². The summed E-state index contributed by atoms with van der Waals surface area (Å²) in [5.41, 5.74) is 6.57. The Labute approximate surface area is 140 Å². The van der Waals surface area contributed by atoms with Crippen LogP contribution in [0.5, 0.6) is 0 Å². The van der Waals surface area contributed by atoms with Gasteiger partial charge in [0, 0.05) is 24.5 Å². The zero-order valence-electron chi connectivity index (χ0n) is 13.7. The molecule has 0 bridgehead atoms. The van der Waals surface area contributed by atoms with Gasteiger partial charge < -0.3 is 4.42 Å². The summed E-state index contributed by atoms with van der Waals surface area (Å²) in [5.74, 6) is 0. The van der Waals surface area contributed by atoms with Crippen molar-refractivity contribution in [3.05, 3.63) is 80.7 Å². The number of rotatable bonds is 0. The average Bonchev–Trinajstić information content (AvgIpc) is 2.60. The molecule has 0 saturated heterocycles. The molecule has 0 N–H and O–H groups in total. The van der Waals surface area contributed by atoms with Crippen LogP contribution in [0.2, 0.25) is 0 Å². The monoisotopic (exact) mass is 317 g/mol. The van der Waals surface area contributed by atoms with Gasteiger partial charge in [0.1, 0.15) is 5.58 Å². The van der Waals surface area contributed by atoms with Crippen molar-refractivity contribution in [3.8, 4) is 0 Å². The van der Waals surface area contributed by atoms with Crippen molar-refractivity contribution in [1.29, 1.82) is 0 Å². The molecule has 0 amide bonds. The van der Waals surface area contributed by atoms with Gasteiger partial charge in [0.05, 0.1) is 5.56 Å². The lowest BCUT2D eigenvalue weighted by atomic mass is 9.83. The topological polar surface area (TPSA) is 33.5 Å². The summed E-state index contributed by atoms with van der Waals surface area (Å²) in [6.45, 7) is 3.73. The van der Waals surface area contributed by atoms with Gasteiger partial charge in [0.2, 0.25) is 0 Å². The van der Waals surface area contributed by atoms with E-state index in [0.717, 1.165) is 41.5 Å². The van der Waals surface area contributed by atoms with E-state index in [2.05, 4.69) is 41.3 Å². The fourth-order valence-corrected chi connectivity index (χ4v) is 4.33. The summed E-state index contributed by atoms with van der Waals surface area (Å²) >= 11 is 0. The van der Waals surface area contributed by atoms with Crippen molar-refractivity contribution in [2.75, 3.05) is 6.54 Å². The third-order valence-corrected chi connectivity index (χ3v) is 5.56. The normalized spacial score (nSPS) is 19.6. The lowest BCUT2D eigenvalue weighted by Gasteiger charge is -2.41. The molecule has 3 heteroatoms. The molecular formula is C21H19NO2. The zero-order chi connectivity index (χ0) is 16.3. The number of hydrogen-bond donors (Lipinski definition) is 0. The minimum atomic E-state index is -0.166. The molecule has 3 aromatic rings. The van der Waals surface area contributed by atoms with Gasteiger partial charge in [-0.05, 0) is 48.1 Å². The predicted molar refractivity (Wildman–Crippen MR) is 94.2 cm³/mol. The van der Waals surface area contributed by atoms with E-state index in [1.807, 2.05) is 13.0 Å². The molecule has 0 aliphatic carbocycles. The Morgan fingerprint density at radius 2 is 2.00 bits per heavy atom. The molecule has 24 heavy (non-hydrogen) atoms. The second-order valence-electron chi connectivity index (χ2n) is 6.99. The molecule has 3 heterocycles. The van der Waals surface area contributed by atoms with Crippen molar-refractivity contribution < 1.29 is 4.42 Å². The Morgan fingerprint density at radius 1 is 1.12 bits per heavy atom. The second-order valence-corrected chi connectivity index (χ2v) is 6.99. The molecule has 2 aliphatic rings. The minimum absolute atomic E-state index is 0.166. The molecule has 1 unspecified atom stereocenters. The van der Waals surface area contributed by atoms with Crippen LogP contribution < -0.4 is 5.63 Å². The number of benzene rings is 2. The lowest BCUT2D eigenvalue weighted by Crippen LogP contribution is -2.41. The SMILES string of the molecule is Cc1ccc2c3c(c(=O)oc2c1)CN1CCc2ccccc2C1C3. The Morgan fingerprint density at radius 3 is 2.92 bits per heavy atom. The van der Waals surface area contributed by atoms with E-state index in [9.17, 15) is 4.79 Å². The Balaban J connectivity index is 1.72. The van der Waals surface area contributed by atoms with Crippen LogP contribution in [0.1, 0.15) is 33.9 Å². The highest BCUT2D eigenvalue weighted by Crippen LogP contribution is 2.39. The zero-order valence-corrected chi connectivity index (χ0v) is 13.7. The van der Waals surface area contributed by atoms with Crippen LogP contribution in [0, 0.1) is 6.92 Å². The first kappa shape index (κ1) is 14.0. The number of nitrogens with zero attached hydrogens (tertiary/aromatic N) is 1. The summed E-state index contributed by atoms with van der Waals surface area (Å²) in [6, 6.07) is 15.3. The summed E-state index contributed by atoms with van der Waals surface area (Å²) < 4.78 is 5.61. The van der Waals surface area contributed by atoms with E-state index in [-0.39, 0.29) is 5.63 Å². The van der Waals surface area contributed by atoms with Crippen molar-refractivity contribution in [3.63, 3.8) is 0 Å². The quantitative estimate of drug-likeness (QED) is 0.592. The molecule has 0 saturated carbocycles. The number of fused-ring (bicyclic) bond motifs is 6. The van der Waals surface area contributed by atoms with Crippen molar-refractivity contribution in [2.45, 2.75) is 32.4 Å². The smallest absolute Gasteiger partial charge is 0.341 e. The third-order valence-electron chi connectivity index (χ3n) is 5.56. The summed E-state index contributed by atoms with van der Waals surface area (Å²) in [5, 5.41) is 1.10. The highest BCUT2D eigenvalue weighted by molar-refractivity contribution is 5.82. The first-order chi connectivity index (χ1) is 11.7. The van der Waals surface area contributed by atoms with Crippen molar-refractivity contribution in [2.24, 2.45) is 0 Å². The van der Waals surface area contributed by atoms with E-state index >= 15 is 0 Å². The molecule has 0 fully saturated rings. The summed E-state index contributed by atoms with van der Waals surface area (Å²) in [6.07, 6.45) is 1.94. The Kier molecular flexibility index (Phi) is 2.95. The largest absolute Gasteiger partial charge is 0.422 e. The molecule has 0 radical (unpaired) electrons. The van der Waals surface area contributed by atoms with Crippen molar-refractivity contribution >= 4 is 11.0 Å². The van der Waals surface area contributed by atoms with E-state index in [0.29, 0.717) is 12.6 Å². The fourth-order valence-electron chi connectivity index (χ4n) is 4.33. The third kappa shape index (κ3) is 1.98. The van der Waals surface area contributed by atoms with E-state index < -0.39 is 0 Å². The number of hydrogen-bond acceptors (Lipinski definition) is 3. The van der Waals surface area contributed by atoms with Gasteiger partial charge in [-0.2, -0.15) is 0 Å². The summed E-state index contributed by atoms with van der Waals surface area (Å²) in [7, 11) is 0. The van der Waals surface area contributed by atoms with E-state index in [1.165, 1.54) is 16.7 Å². The standard InChI is InChI=1S/C21H19NO2/c1-13-6-7-16-17-11-19-15-5-3-2-4-14(15)8-9-22(19)12-18(17)21(23)24-20(16)10-13/h2-7,10,19H,8-9,11-12H2,1H3. The van der Waals surface area contributed by atoms with Gasteiger partial charge >= 0.3 is 5.63 Å². The molecule has 0 spiro atoms. The maximum Gasteiger partial charge on any atom is 0.341 e. The minimum Gasteiger partial charge on any atom is -0.422 e. The molecule has 3 nitrogen and oxygen atoms in total. The Hall–Kier alpha value is -2.39. The van der Waals surface area contributed by atoms with Crippen LogP contribution in [0.25, 0.3) is 11.0 Å². The fraction of sp³-hybridized carbons (Fsp3) is 0.286. The van der Waals surface area contributed by atoms with E-state index in [1.54, 1.807) is 0 Å². The predicted octanol–water partition coefficient (Wildman–Crippen LogP) is 3.76. The molecule has 1 aromatic heterocycles. The van der Waals surface area contributed by atoms with Crippen LogP contribution in [-0.4, -0.2) is 11.4 Å². The number of aryl methyl sites for hydroxylation is 1. The highest BCUT2D eigenvalue weighted by atomic mass is 16.4. The van der Waals surface area contributed by atoms with Crippen LogP contribution in [0.4, 0.5) is 0 Å². The highest BCUT2D eigenvalue weighted by Gasteiger charge is 2.34. The second kappa shape index (κ2) is 5.05. The summed E-state index contributed by atoms with van der Waals surface area (Å²) in [4.78, 5) is 14.9. The first-order valence-corrected chi connectivity index (χ1v) is 8.58. The van der Waals surface area contributed by atoms with Crippen LogP contribution in [0.3, 0.4) is 0 Å². The van der Waals surface area contributed by atoms with Gasteiger partial charge in [-0.3, -0.25) is 4.90 Å². The maximum absolute atomic E-state index is 12.5. The van der Waals surface area contributed by atoms with E-state index in [4.69, 9.17) is 4.42 Å². The first-order valence-electron chi connectivity index (χ1n) is 8.58. The van der Waals surface area contributed by atoms with Gasteiger partial charge in [0.15, 0.2) is 0 Å². The van der Waals surface area contributed by atoms with Crippen molar-refractivity contribution in [1.82, 2.24) is 4.90 Å².